The van der Waals surface area contributed by atoms with Crippen molar-refractivity contribution >= 4 is 17.5 Å². The summed E-state index contributed by atoms with van der Waals surface area (Å²) in [6.45, 7) is 0.469. The van der Waals surface area contributed by atoms with E-state index < -0.39 is 0 Å². The van der Waals surface area contributed by atoms with Gasteiger partial charge in [0.25, 0.3) is 5.91 Å². The van der Waals surface area contributed by atoms with Crippen molar-refractivity contribution in [3.63, 3.8) is 0 Å². The molecule has 0 aliphatic heterocycles. The lowest BCUT2D eigenvalue weighted by atomic mass is 10.2. The molecule has 0 atom stereocenters. The highest BCUT2D eigenvalue weighted by Crippen LogP contribution is 2.07. The summed E-state index contributed by atoms with van der Waals surface area (Å²) in [5.41, 5.74) is 1.22. The largest absolute Gasteiger partial charge is 0.336 e. The maximum atomic E-state index is 12.0. The van der Waals surface area contributed by atoms with Crippen LogP contribution in [0.3, 0.4) is 0 Å². The molecule has 0 fully saturated rings. The molecule has 92 valence electrons. The van der Waals surface area contributed by atoms with Gasteiger partial charge in [-0.2, -0.15) is 0 Å². The molecule has 5 nitrogen and oxygen atoms in total. The molecule has 0 N–H and O–H groups in total. The average molecular weight is 263 g/mol. The van der Waals surface area contributed by atoms with Gasteiger partial charge in [0.05, 0.1) is 0 Å². The SMILES string of the molecule is CN(Cc1cccnc1)C(=O)c1ccc(Cl)nn1. The number of amides is 1. The van der Waals surface area contributed by atoms with Gasteiger partial charge in [0.1, 0.15) is 0 Å². The van der Waals surface area contributed by atoms with Gasteiger partial charge < -0.3 is 4.90 Å². The van der Waals surface area contributed by atoms with Crippen LogP contribution < -0.4 is 0 Å². The number of rotatable bonds is 3. The number of hydrogen-bond donors (Lipinski definition) is 0. The molecular formula is C12H11ClN4O. The first-order chi connectivity index (χ1) is 8.66. The van der Waals surface area contributed by atoms with Crippen molar-refractivity contribution in [1.82, 2.24) is 20.1 Å². The van der Waals surface area contributed by atoms with E-state index in [-0.39, 0.29) is 16.8 Å². The molecule has 0 aromatic carbocycles. The summed E-state index contributed by atoms with van der Waals surface area (Å²) in [6, 6.07) is 6.83. The van der Waals surface area contributed by atoms with Gasteiger partial charge in [0.15, 0.2) is 10.8 Å². The zero-order valence-corrected chi connectivity index (χ0v) is 10.5. The Balaban J connectivity index is 2.07. The summed E-state index contributed by atoms with van der Waals surface area (Å²) in [4.78, 5) is 17.6. The van der Waals surface area contributed by atoms with E-state index in [1.807, 2.05) is 12.1 Å². The van der Waals surface area contributed by atoms with Crippen molar-refractivity contribution in [3.8, 4) is 0 Å². The summed E-state index contributed by atoms with van der Waals surface area (Å²) >= 11 is 5.62. The maximum Gasteiger partial charge on any atom is 0.274 e. The third-order valence-electron chi connectivity index (χ3n) is 2.34. The van der Waals surface area contributed by atoms with Crippen LogP contribution in [0.1, 0.15) is 16.1 Å². The van der Waals surface area contributed by atoms with E-state index in [0.717, 1.165) is 5.56 Å². The number of nitrogens with zero attached hydrogens (tertiary/aromatic N) is 4. The van der Waals surface area contributed by atoms with Gasteiger partial charge in [-0.15, -0.1) is 10.2 Å². The van der Waals surface area contributed by atoms with Gasteiger partial charge in [0, 0.05) is 26.0 Å². The van der Waals surface area contributed by atoms with Crippen LogP contribution in [0.4, 0.5) is 0 Å². The molecule has 0 saturated carbocycles. The van der Waals surface area contributed by atoms with Crippen molar-refractivity contribution < 1.29 is 4.79 Å². The minimum absolute atomic E-state index is 0.206. The van der Waals surface area contributed by atoms with Crippen LogP contribution in [0.25, 0.3) is 0 Å². The number of halogens is 1. The van der Waals surface area contributed by atoms with Crippen LogP contribution in [-0.4, -0.2) is 33.0 Å². The first kappa shape index (κ1) is 12.4. The van der Waals surface area contributed by atoms with Crippen LogP contribution in [0.5, 0.6) is 0 Å². The quantitative estimate of drug-likeness (QED) is 0.846. The van der Waals surface area contributed by atoms with E-state index in [4.69, 9.17) is 11.6 Å². The van der Waals surface area contributed by atoms with Gasteiger partial charge >= 0.3 is 0 Å². The van der Waals surface area contributed by atoms with Gasteiger partial charge in [0.2, 0.25) is 0 Å². The lowest BCUT2D eigenvalue weighted by molar-refractivity contribution is 0.0778. The summed E-state index contributed by atoms with van der Waals surface area (Å²) in [5, 5.41) is 7.66. The molecule has 2 aromatic heterocycles. The zero-order valence-electron chi connectivity index (χ0n) is 9.75. The predicted octanol–water partition coefficient (Wildman–Crippen LogP) is 1.80. The Morgan fingerprint density at radius 2 is 2.17 bits per heavy atom. The van der Waals surface area contributed by atoms with Crippen molar-refractivity contribution in [2.45, 2.75) is 6.54 Å². The monoisotopic (exact) mass is 262 g/mol. The van der Waals surface area contributed by atoms with Crippen molar-refractivity contribution in [2.75, 3.05) is 7.05 Å². The fourth-order valence-corrected chi connectivity index (χ4v) is 1.56. The van der Waals surface area contributed by atoms with Crippen LogP contribution in [0.15, 0.2) is 36.7 Å². The smallest absolute Gasteiger partial charge is 0.274 e. The number of pyridine rings is 1. The van der Waals surface area contributed by atoms with Crippen LogP contribution in [0.2, 0.25) is 5.15 Å². The zero-order chi connectivity index (χ0) is 13.0. The molecule has 6 heteroatoms. The molecule has 0 unspecified atom stereocenters. The maximum absolute atomic E-state index is 12.0. The Labute approximate surface area is 109 Å². The molecule has 2 rings (SSSR count). The molecule has 0 bridgehead atoms. The Morgan fingerprint density at radius 1 is 1.33 bits per heavy atom. The summed E-state index contributed by atoms with van der Waals surface area (Å²) in [6.07, 6.45) is 3.41. The van der Waals surface area contributed by atoms with E-state index >= 15 is 0 Å². The Hall–Kier alpha value is -2.01. The average Bonchev–Trinajstić information content (AvgIpc) is 2.40. The second-order valence-corrected chi connectivity index (χ2v) is 4.15. The van der Waals surface area contributed by atoms with E-state index in [2.05, 4.69) is 15.2 Å². The Bertz CT molecular complexity index is 530. The topological polar surface area (TPSA) is 59.0 Å². The molecule has 0 radical (unpaired) electrons. The van der Waals surface area contributed by atoms with E-state index in [1.165, 1.54) is 0 Å². The number of carbonyl (C=O) groups excluding carboxylic acids is 1. The molecule has 0 aliphatic rings. The fourth-order valence-electron chi connectivity index (χ4n) is 1.46. The van der Waals surface area contributed by atoms with Crippen LogP contribution in [0, 0.1) is 0 Å². The van der Waals surface area contributed by atoms with E-state index in [9.17, 15) is 4.79 Å². The standard InChI is InChI=1S/C12H11ClN4O/c1-17(8-9-3-2-6-14-7-9)12(18)10-4-5-11(13)16-15-10/h2-7H,8H2,1H3. The minimum Gasteiger partial charge on any atom is -0.336 e. The molecule has 18 heavy (non-hydrogen) atoms. The molecule has 0 saturated heterocycles. The Kier molecular flexibility index (Phi) is 3.84. The van der Waals surface area contributed by atoms with Gasteiger partial charge in [-0.25, -0.2) is 0 Å². The van der Waals surface area contributed by atoms with Gasteiger partial charge in [-0.05, 0) is 23.8 Å². The molecular weight excluding hydrogens is 252 g/mol. The summed E-state index contributed by atoms with van der Waals surface area (Å²) < 4.78 is 0. The number of hydrogen-bond acceptors (Lipinski definition) is 4. The molecule has 0 aliphatic carbocycles. The lowest BCUT2D eigenvalue weighted by Crippen LogP contribution is -2.27. The summed E-state index contributed by atoms with van der Waals surface area (Å²) in [5.74, 6) is -0.206. The van der Waals surface area contributed by atoms with E-state index in [1.54, 1.807) is 36.5 Å². The Morgan fingerprint density at radius 3 is 2.78 bits per heavy atom. The first-order valence-electron chi connectivity index (χ1n) is 5.30. The molecule has 2 heterocycles. The van der Waals surface area contributed by atoms with Crippen molar-refractivity contribution in [2.24, 2.45) is 0 Å². The van der Waals surface area contributed by atoms with Crippen molar-refractivity contribution in [3.05, 3.63) is 53.1 Å². The second-order valence-electron chi connectivity index (χ2n) is 3.76. The first-order valence-corrected chi connectivity index (χ1v) is 5.68. The lowest BCUT2D eigenvalue weighted by Gasteiger charge is -2.16. The summed E-state index contributed by atoms with van der Waals surface area (Å²) in [7, 11) is 1.70. The van der Waals surface area contributed by atoms with Gasteiger partial charge in [-0.1, -0.05) is 17.7 Å². The fraction of sp³-hybridized carbons (Fsp3) is 0.167. The number of carbonyl (C=O) groups is 1. The highest BCUT2D eigenvalue weighted by atomic mass is 35.5. The highest BCUT2D eigenvalue weighted by Gasteiger charge is 2.13. The molecule has 0 spiro atoms. The second kappa shape index (κ2) is 5.55. The van der Waals surface area contributed by atoms with Crippen LogP contribution in [-0.2, 0) is 6.54 Å². The van der Waals surface area contributed by atoms with Crippen LogP contribution >= 0.6 is 11.6 Å². The number of aromatic nitrogens is 3. The van der Waals surface area contributed by atoms with E-state index in [0.29, 0.717) is 6.54 Å². The third kappa shape index (κ3) is 3.01. The molecule has 1 amide bonds. The third-order valence-corrected chi connectivity index (χ3v) is 2.54. The minimum atomic E-state index is -0.206. The normalized spacial score (nSPS) is 10.1. The molecule has 2 aromatic rings. The van der Waals surface area contributed by atoms with Gasteiger partial charge in [-0.3, -0.25) is 9.78 Å². The predicted molar refractivity (Wildman–Crippen MR) is 67.1 cm³/mol. The highest BCUT2D eigenvalue weighted by molar-refractivity contribution is 6.29. The van der Waals surface area contributed by atoms with Crippen molar-refractivity contribution in [1.29, 1.82) is 0 Å².